The summed E-state index contributed by atoms with van der Waals surface area (Å²) in [5.41, 5.74) is 0.402. The van der Waals surface area contributed by atoms with Crippen LogP contribution in [0.3, 0.4) is 0 Å². The van der Waals surface area contributed by atoms with Crippen molar-refractivity contribution in [1.82, 2.24) is 30.0 Å². The number of nitrogens with zero attached hydrogens (tertiary/aromatic N) is 5. The highest BCUT2D eigenvalue weighted by Gasteiger charge is 2.28. The zero-order valence-corrected chi connectivity index (χ0v) is 17.7. The van der Waals surface area contributed by atoms with E-state index in [1.54, 1.807) is 18.3 Å². The minimum Gasteiger partial charge on any atom is -0.465 e. The average Bonchev–Trinajstić information content (AvgIpc) is 3.28. The molecule has 3 aromatic heterocycles. The topological polar surface area (TPSA) is 89.1 Å². The van der Waals surface area contributed by atoms with Crippen molar-refractivity contribution in [2.45, 2.75) is 46.3 Å². The second-order valence-corrected chi connectivity index (χ2v) is 8.07. The number of nitrogens with one attached hydrogen (secondary N) is 1. The van der Waals surface area contributed by atoms with Crippen LogP contribution in [0.4, 0.5) is 0 Å². The molecule has 1 unspecified atom stereocenters. The number of hydrogen-bond acceptors (Lipinski definition) is 6. The minimum absolute atomic E-state index is 0.163. The molecule has 30 heavy (non-hydrogen) atoms. The summed E-state index contributed by atoms with van der Waals surface area (Å²) in [5, 5.41) is 12.0. The first kappa shape index (κ1) is 20.3. The van der Waals surface area contributed by atoms with Crippen molar-refractivity contribution in [3.05, 3.63) is 65.4 Å². The van der Waals surface area contributed by atoms with Gasteiger partial charge in [0, 0.05) is 32.3 Å². The van der Waals surface area contributed by atoms with Gasteiger partial charge in [-0.3, -0.25) is 14.7 Å². The van der Waals surface area contributed by atoms with Crippen molar-refractivity contribution in [2.24, 2.45) is 5.92 Å². The molecule has 8 nitrogen and oxygen atoms in total. The fourth-order valence-electron chi connectivity index (χ4n) is 3.81. The van der Waals surface area contributed by atoms with Gasteiger partial charge in [-0.25, -0.2) is 0 Å². The number of amides is 1. The molecule has 0 saturated heterocycles. The summed E-state index contributed by atoms with van der Waals surface area (Å²) in [6, 6.07) is 9.12. The van der Waals surface area contributed by atoms with Gasteiger partial charge in [0.2, 0.25) is 0 Å². The number of fused-ring (bicyclic) bond motifs is 1. The fourth-order valence-corrected chi connectivity index (χ4v) is 3.81. The molecule has 1 aliphatic rings. The largest absolute Gasteiger partial charge is 0.465 e. The Labute approximate surface area is 176 Å². The lowest BCUT2D eigenvalue weighted by molar-refractivity contribution is 0.0916. The minimum atomic E-state index is -0.236. The maximum Gasteiger partial charge on any atom is 0.270 e. The molecule has 1 atom stereocenters. The van der Waals surface area contributed by atoms with Crippen molar-refractivity contribution in [3.63, 3.8) is 0 Å². The number of pyridine rings is 1. The van der Waals surface area contributed by atoms with Gasteiger partial charge in [-0.1, -0.05) is 19.9 Å². The molecule has 0 radical (unpaired) electrons. The van der Waals surface area contributed by atoms with Gasteiger partial charge in [-0.15, -0.1) is 10.2 Å². The predicted molar refractivity (Wildman–Crippen MR) is 112 cm³/mol. The zero-order valence-electron chi connectivity index (χ0n) is 17.7. The van der Waals surface area contributed by atoms with Gasteiger partial charge in [-0.05, 0) is 37.1 Å². The average molecular weight is 409 g/mol. The van der Waals surface area contributed by atoms with Gasteiger partial charge in [0.1, 0.15) is 23.0 Å². The molecule has 4 rings (SSSR count). The number of aromatic nitrogens is 4. The molecule has 158 valence electrons. The van der Waals surface area contributed by atoms with Crippen LogP contribution < -0.4 is 5.32 Å². The fraction of sp³-hybridized carbons (Fsp3) is 0.455. The van der Waals surface area contributed by atoms with Gasteiger partial charge in [0.15, 0.2) is 5.82 Å². The second kappa shape index (κ2) is 8.79. The van der Waals surface area contributed by atoms with Gasteiger partial charge < -0.3 is 14.3 Å². The Morgan fingerprint density at radius 3 is 2.73 bits per heavy atom. The summed E-state index contributed by atoms with van der Waals surface area (Å²) in [4.78, 5) is 19.2. The normalized spacial score (nSPS) is 15.6. The molecule has 0 fully saturated rings. The monoisotopic (exact) mass is 408 g/mol. The lowest BCUT2D eigenvalue weighted by Gasteiger charge is -2.23. The Morgan fingerprint density at radius 1 is 1.17 bits per heavy atom. The standard InChI is InChI=1S/C22H28N6O2/c1-15(2)20(24-22(29)18-6-4-5-10-23-18)21-26-25-19-9-11-27(12-13-28(19)21)14-17-8-7-16(3)30-17/h4-8,10,15,20H,9,11-14H2,1-3H3,(H,24,29). The van der Waals surface area contributed by atoms with E-state index in [-0.39, 0.29) is 17.9 Å². The third kappa shape index (κ3) is 4.43. The number of rotatable bonds is 6. The lowest BCUT2D eigenvalue weighted by Crippen LogP contribution is -2.34. The summed E-state index contributed by atoms with van der Waals surface area (Å²) < 4.78 is 7.90. The molecule has 0 aromatic carbocycles. The van der Waals surface area contributed by atoms with Crippen LogP contribution in [0.2, 0.25) is 0 Å². The molecule has 1 N–H and O–H groups in total. The molecule has 0 aliphatic carbocycles. The van der Waals surface area contributed by atoms with Crippen molar-refractivity contribution >= 4 is 5.91 Å². The predicted octanol–water partition coefficient (Wildman–Crippen LogP) is 2.76. The van der Waals surface area contributed by atoms with Crippen LogP contribution in [0, 0.1) is 12.8 Å². The van der Waals surface area contributed by atoms with Crippen LogP contribution in [-0.2, 0) is 19.5 Å². The van der Waals surface area contributed by atoms with E-state index in [4.69, 9.17) is 4.42 Å². The van der Waals surface area contributed by atoms with E-state index >= 15 is 0 Å². The van der Waals surface area contributed by atoms with Crippen LogP contribution in [0.15, 0.2) is 40.9 Å². The van der Waals surface area contributed by atoms with Crippen molar-refractivity contribution < 1.29 is 9.21 Å². The third-order valence-electron chi connectivity index (χ3n) is 5.45. The highest BCUT2D eigenvalue weighted by Crippen LogP contribution is 2.23. The maximum absolute atomic E-state index is 12.7. The van der Waals surface area contributed by atoms with Gasteiger partial charge in [-0.2, -0.15) is 0 Å². The quantitative estimate of drug-likeness (QED) is 0.675. The van der Waals surface area contributed by atoms with Gasteiger partial charge in [0.25, 0.3) is 5.91 Å². The van der Waals surface area contributed by atoms with Gasteiger partial charge >= 0.3 is 0 Å². The third-order valence-corrected chi connectivity index (χ3v) is 5.45. The summed E-state index contributed by atoms with van der Waals surface area (Å²) in [5.74, 6) is 3.64. The van der Waals surface area contributed by atoms with Crippen LogP contribution >= 0.6 is 0 Å². The first-order valence-corrected chi connectivity index (χ1v) is 10.4. The summed E-state index contributed by atoms with van der Waals surface area (Å²) in [6.07, 6.45) is 2.43. The molecule has 4 heterocycles. The van der Waals surface area contributed by atoms with E-state index in [0.29, 0.717) is 5.69 Å². The summed E-state index contributed by atoms with van der Waals surface area (Å²) in [6.45, 7) is 9.44. The molecule has 3 aromatic rings. The van der Waals surface area contributed by atoms with E-state index in [2.05, 4.69) is 43.8 Å². The van der Waals surface area contributed by atoms with Gasteiger partial charge in [0.05, 0.1) is 12.6 Å². The Bertz CT molecular complexity index is 994. The van der Waals surface area contributed by atoms with Crippen LogP contribution in [0.5, 0.6) is 0 Å². The van der Waals surface area contributed by atoms with E-state index in [1.807, 2.05) is 25.1 Å². The molecule has 1 aliphatic heterocycles. The van der Waals surface area contributed by atoms with Crippen molar-refractivity contribution in [2.75, 3.05) is 13.1 Å². The highest BCUT2D eigenvalue weighted by atomic mass is 16.3. The molecule has 8 heteroatoms. The Hall–Kier alpha value is -3.00. The van der Waals surface area contributed by atoms with Crippen LogP contribution in [0.1, 0.15) is 53.5 Å². The first-order valence-electron chi connectivity index (χ1n) is 10.4. The summed E-state index contributed by atoms with van der Waals surface area (Å²) >= 11 is 0. The van der Waals surface area contributed by atoms with Crippen molar-refractivity contribution in [3.8, 4) is 0 Å². The molecular weight excluding hydrogens is 380 g/mol. The number of aryl methyl sites for hydroxylation is 1. The number of carbonyl (C=O) groups excluding carboxylic acids is 1. The molecule has 0 bridgehead atoms. The molecule has 0 spiro atoms. The maximum atomic E-state index is 12.7. The SMILES string of the molecule is Cc1ccc(CN2CCc3nnc(C(NC(=O)c4ccccn4)C(C)C)n3CC2)o1. The number of furan rings is 1. The van der Waals surface area contributed by atoms with Crippen molar-refractivity contribution in [1.29, 1.82) is 0 Å². The zero-order chi connectivity index (χ0) is 21.1. The van der Waals surface area contributed by atoms with Crippen LogP contribution in [0.25, 0.3) is 0 Å². The highest BCUT2D eigenvalue weighted by molar-refractivity contribution is 5.92. The smallest absolute Gasteiger partial charge is 0.270 e. The van der Waals surface area contributed by atoms with E-state index < -0.39 is 0 Å². The molecule has 0 saturated carbocycles. The molecule has 1 amide bonds. The van der Waals surface area contributed by atoms with E-state index in [0.717, 1.165) is 55.8 Å². The number of hydrogen-bond donors (Lipinski definition) is 1. The number of carbonyl (C=O) groups is 1. The Morgan fingerprint density at radius 2 is 2.03 bits per heavy atom. The summed E-state index contributed by atoms with van der Waals surface area (Å²) in [7, 11) is 0. The van der Waals surface area contributed by atoms with E-state index in [9.17, 15) is 4.79 Å². The first-order chi connectivity index (χ1) is 14.5. The molecular formula is C22H28N6O2. The Kier molecular flexibility index (Phi) is 5.94. The lowest BCUT2D eigenvalue weighted by atomic mass is 10.0. The Balaban J connectivity index is 1.49. The second-order valence-electron chi connectivity index (χ2n) is 8.07. The van der Waals surface area contributed by atoms with E-state index in [1.165, 1.54) is 0 Å². The van der Waals surface area contributed by atoms with Crippen LogP contribution in [-0.4, -0.2) is 43.6 Å².